The van der Waals surface area contributed by atoms with E-state index >= 15 is 0 Å². The van der Waals surface area contributed by atoms with Crippen LogP contribution in [0.3, 0.4) is 0 Å². The zero-order chi connectivity index (χ0) is 13.3. The molecule has 1 saturated heterocycles. The summed E-state index contributed by atoms with van der Waals surface area (Å²) in [4.78, 5) is 2.15. The molecule has 1 aliphatic rings. The van der Waals surface area contributed by atoms with Crippen LogP contribution >= 0.6 is 11.6 Å². The highest BCUT2D eigenvalue weighted by molar-refractivity contribution is 6.30. The fourth-order valence-electron chi connectivity index (χ4n) is 2.51. The third kappa shape index (κ3) is 2.78. The second-order valence-corrected chi connectivity index (χ2v) is 5.81. The van der Waals surface area contributed by atoms with Crippen LogP contribution in [0.15, 0.2) is 18.2 Å². The summed E-state index contributed by atoms with van der Waals surface area (Å²) in [7, 11) is 0. The van der Waals surface area contributed by atoms with Crippen molar-refractivity contribution in [1.82, 2.24) is 5.32 Å². The number of hydrogen-bond acceptors (Lipinski definition) is 2. The van der Waals surface area contributed by atoms with E-state index in [0.717, 1.165) is 13.1 Å². The molecule has 2 rings (SSSR count). The number of rotatable bonds is 2. The first-order chi connectivity index (χ1) is 8.49. The monoisotopic (exact) mass is 270 g/mol. The molecule has 4 heteroatoms. The second-order valence-electron chi connectivity index (χ2n) is 5.37. The van der Waals surface area contributed by atoms with Crippen molar-refractivity contribution < 1.29 is 4.39 Å². The zero-order valence-corrected chi connectivity index (χ0v) is 11.8. The molecule has 0 bridgehead atoms. The number of nitrogens with zero attached hydrogens (tertiary/aromatic N) is 1. The first kappa shape index (κ1) is 13.6. The van der Waals surface area contributed by atoms with E-state index in [1.165, 1.54) is 6.07 Å². The van der Waals surface area contributed by atoms with Gasteiger partial charge in [0.1, 0.15) is 5.82 Å². The van der Waals surface area contributed by atoms with Gasteiger partial charge in [-0.3, -0.25) is 0 Å². The highest BCUT2D eigenvalue weighted by atomic mass is 35.5. The molecule has 1 fully saturated rings. The first-order valence-corrected chi connectivity index (χ1v) is 6.82. The molecule has 0 aliphatic carbocycles. The van der Waals surface area contributed by atoms with Gasteiger partial charge in [-0.1, -0.05) is 25.4 Å². The van der Waals surface area contributed by atoms with Crippen molar-refractivity contribution >= 4 is 17.3 Å². The Morgan fingerprint density at radius 3 is 2.83 bits per heavy atom. The fraction of sp³-hybridized carbons (Fsp3) is 0.571. The fourth-order valence-corrected chi connectivity index (χ4v) is 2.67. The van der Waals surface area contributed by atoms with E-state index in [0.29, 0.717) is 28.7 Å². The lowest BCUT2D eigenvalue weighted by Crippen LogP contribution is -2.57. The minimum atomic E-state index is -0.195. The van der Waals surface area contributed by atoms with Gasteiger partial charge >= 0.3 is 0 Å². The SMILES string of the molecule is CC1CN(c2cc(Cl)ccc2F)C(C(C)C)CN1. The van der Waals surface area contributed by atoms with Gasteiger partial charge in [-0.25, -0.2) is 4.39 Å². The molecule has 2 nitrogen and oxygen atoms in total. The Morgan fingerprint density at radius 2 is 2.17 bits per heavy atom. The van der Waals surface area contributed by atoms with Crippen molar-refractivity contribution in [2.24, 2.45) is 5.92 Å². The van der Waals surface area contributed by atoms with Crippen LogP contribution in [0.5, 0.6) is 0 Å². The lowest BCUT2D eigenvalue weighted by molar-refractivity contribution is 0.346. The summed E-state index contributed by atoms with van der Waals surface area (Å²) in [5.74, 6) is 0.266. The topological polar surface area (TPSA) is 15.3 Å². The Morgan fingerprint density at radius 1 is 1.44 bits per heavy atom. The van der Waals surface area contributed by atoms with E-state index in [1.807, 2.05) is 0 Å². The van der Waals surface area contributed by atoms with Crippen molar-refractivity contribution in [3.8, 4) is 0 Å². The Kier molecular flexibility index (Phi) is 4.13. The Labute approximate surface area is 113 Å². The predicted molar refractivity (Wildman–Crippen MR) is 74.8 cm³/mol. The molecule has 18 heavy (non-hydrogen) atoms. The van der Waals surface area contributed by atoms with Crippen LogP contribution in [0, 0.1) is 11.7 Å². The van der Waals surface area contributed by atoms with E-state index in [1.54, 1.807) is 12.1 Å². The molecular formula is C14H20ClFN2. The van der Waals surface area contributed by atoms with Crippen molar-refractivity contribution in [2.75, 3.05) is 18.0 Å². The van der Waals surface area contributed by atoms with E-state index in [9.17, 15) is 4.39 Å². The molecule has 2 atom stereocenters. The third-order valence-corrected chi connectivity index (χ3v) is 3.77. The predicted octanol–water partition coefficient (Wildman–Crippen LogP) is 3.30. The Hall–Kier alpha value is -0.800. The summed E-state index contributed by atoms with van der Waals surface area (Å²) >= 11 is 5.99. The van der Waals surface area contributed by atoms with Gasteiger partial charge in [-0.15, -0.1) is 0 Å². The molecule has 0 saturated carbocycles. The van der Waals surface area contributed by atoms with Crippen LogP contribution in [0.4, 0.5) is 10.1 Å². The summed E-state index contributed by atoms with van der Waals surface area (Å²) in [6, 6.07) is 5.43. The molecule has 1 heterocycles. The number of piperazine rings is 1. The lowest BCUT2D eigenvalue weighted by Gasteiger charge is -2.43. The third-order valence-electron chi connectivity index (χ3n) is 3.53. The molecule has 2 unspecified atom stereocenters. The average molecular weight is 271 g/mol. The summed E-state index contributed by atoms with van der Waals surface area (Å²) in [6.45, 7) is 8.13. The summed E-state index contributed by atoms with van der Waals surface area (Å²) in [6.07, 6.45) is 0. The van der Waals surface area contributed by atoms with Crippen molar-refractivity contribution in [3.05, 3.63) is 29.0 Å². The quantitative estimate of drug-likeness (QED) is 0.887. The van der Waals surface area contributed by atoms with Gasteiger partial charge in [0.25, 0.3) is 0 Å². The first-order valence-electron chi connectivity index (χ1n) is 6.44. The minimum Gasteiger partial charge on any atom is -0.363 e. The Balaban J connectivity index is 2.34. The maximum absolute atomic E-state index is 14.0. The molecule has 1 N–H and O–H groups in total. The number of hydrogen-bond donors (Lipinski definition) is 1. The smallest absolute Gasteiger partial charge is 0.146 e. The van der Waals surface area contributed by atoms with Crippen molar-refractivity contribution in [1.29, 1.82) is 0 Å². The number of halogens is 2. The van der Waals surface area contributed by atoms with Crippen LogP contribution in [-0.4, -0.2) is 25.2 Å². The lowest BCUT2D eigenvalue weighted by atomic mass is 9.98. The zero-order valence-electron chi connectivity index (χ0n) is 11.1. The van der Waals surface area contributed by atoms with Gasteiger partial charge < -0.3 is 10.2 Å². The maximum atomic E-state index is 14.0. The number of anilines is 1. The molecule has 1 aromatic carbocycles. The van der Waals surface area contributed by atoms with E-state index < -0.39 is 0 Å². The molecule has 0 aromatic heterocycles. The van der Waals surface area contributed by atoms with Crippen LogP contribution in [0.25, 0.3) is 0 Å². The highest BCUT2D eigenvalue weighted by Crippen LogP contribution is 2.28. The van der Waals surface area contributed by atoms with Gasteiger partial charge in [0.2, 0.25) is 0 Å². The molecule has 1 aliphatic heterocycles. The van der Waals surface area contributed by atoms with Crippen LogP contribution in [0.2, 0.25) is 5.02 Å². The van der Waals surface area contributed by atoms with Crippen LogP contribution in [0.1, 0.15) is 20.8 Å². The highest BCUT2D eigenvalue weighted by Gasteiger charge is 2.29. The van der Waals surface area contributed by atoms with Gasteiger partial charge in [-0.05, 0) is 31.0 Å². The number of benzene rings is 1. The maximum Gasteiger partial charge on any atom is 0.146 e. The van der Waals surface area contributed by atoms with E-state index in [4.69, 9.17) is 11.6 Å². The largest absolute Gasteiger partial charge is 0.363 e. The minimum absolute atomic E-state index is 0.195. The van der Waals surface area contributed by atoms with E-state index in [-0.39, 0.29) is 5.82 Å². The summed E-state index contributed by atoms with van der Waals surface area (Å²) < 4.78 is 14.0. The normalized spacial score (nSPS) is 24.7. The van der Waals surface area contributed by atoms with Crippen molar-refractivity contribution in [3.63, 3.8) is 0 Å². The van der Waals surface area contributed by atoms with Crippen LogP contribution < -0.4 is 10.2 Å². The molecular weight excluding hydrogens is 251 g/mol. The van der Waals surface area contributed by atoms with Crippen molar-refractivity contribution in [2.45, 2.75) is 32.9 Å². The standard InChI is InChI=1S/C14H20ClFN2/c1-9(2)14-7-17-10(3)8-18(14)13-6-11(15)4-5-12(13)16/h4-6,9-10,14,17H,7-8H2,1-3H3. The molecule has 0 spiro atoms. The second kappa shape index (κ2) is 5.45. The molecule has 100 valence electrons. The van der Waals surface area contributed by atoms with E-state index in [2.05, 4.69) is 31.0 Å². The Bertz CT molecular complexity index is 422. The van der Waals surface area contributed by atoms with Gasteiger partial charge in [0, 0.05) is 30.2 Å². The summed E-state index contributed by atoms with van der Waals surface area (Å²) in [5.41, 5.74) is 0.620. The average Bonchev–Trinajstić information content (AvgIpc) is 2.31. The number of nitrogens with one attached hydrogen (secondary N) is 1. The molecule has 0 amide bonds. The molecule has 0 radical (unpaired) electrons. The van der Waals surface area contributed by atoms with Gasteiger partial charge in [0.15, 0.2) is 0 Å². The van der Waals surface area contributed by atoms with Gasteiger partial charge in [-0.2, -0.15) is 0 Å². The van der Waals surface area contributed by atoms with Gasteiger partial charge in [0.05, 0.1) is 5.69 Å². The summed E-state index contributed by atoms with van der Waals surface area (Å²) in [5, 5.41) is 4.03. The van der Waals surface area contributed by atoms with Crippen LogP contribution in [-0.2, 0) is 0 Å². The molecule has 1 aromatic rings.